The van der Waals surface area contributed by atoms with Crippen LogP contribution in [0.2, 0.25) is 0 Å². The second kappa shape index (κ2) is 12.4. The van der Waals surface area contributed by atoms with Gasteiger partial charge in [-0.15, -0.1) is 37.2 Å². The van der Waals surface area contributed by atoms with E-state index < -0.39 is 0 Å². The highest BCUT2D eigenvalue weighted by atomic mass is 35.5. The number of aliphatic imine (C=N–C) groups is 2. The molecule has 32 heavy (non-hydrogen) atoms. The molecular formula is C22H25Cl3N6O. The molecule has 0 saturated carbocycles. The summed E-state index contributed by atoms with van der Waals surface area (Å²) in [5.74, 6) is 2.65. The van der Waals surface area contributed by atoms with E-state index >= 15 is 0 Å². The summed E-state index contributed by atoms with van der Waals surface area (Å²) in [6.45, 7) is 3.50. The zero-order chi connectivity index (χ0) is 18.8. The molecule has 2 aromatic carbocycles. The van der Waals surface area contributed by atoms with Crippen LogP contribution < -0.4 is 10.6 Å². The third-order valence-corrected chi connectivity index (χ3v) is 4.87. The van der Waals surface area contributed by atoms with E-state index in [1.165, 1.54) is 0 Å². The maximum absolute atomic E-state index is 4.76. The minimum Gasteiger partial charge on any atom is -0.412 e. The molecule has 3 heterocycles. The average molecular weight is 496 g/mol. The van der Waals surface area contributed by atoms with Crippen LogP contribution >= 0.6 is 37.2 Å². The number of nitrogens with zero attached hydrogens (tertiary/aromatic N) is 4. The van der Waals surface area contributed by atoms with E-state index in [9.17, 15) is 0 Å². The highest BCUT2D eigenvalue weighted by Gasteiger charge is 2.11. The second-order valence-corrected chi connectivity index (χ2v) is 6.73. The Labute approximate surface area is 205 Å². The molecule has 0 aliphatic carbocycles. The first-order chi connectivity index (χ1) is 13.9. The normalized spacial score (nSPS) is 13.6. The van der Waals surface area contributed by atoms with Crippen molar-refractivity contribution in [3.8, 4) is 22.6 Å². The molecule has 170 valence electrons. The molecule has 4 N–H and O–H groups in total. The molecule has 1 aromatic heterocycles. The van der Waals surface area contributed by atoms with Crippen molar-refractivity contribution in [3.05, 3.63) is 71.9 Å². The van der Waals surface area contributed by atoms with Gasteiger partial charge >= 0.3 is 0 Å². The van der Waals surface area contributed by atoms with E-state index in [1.807, 2.05) is 24.4 Å². The fraction of sp³-hybridized carbons (Fsp3) is 0.182. The average Bonchev–Trinajstić information content (AvgIpc) is 3.49. The molecule has 0 amide bonds. The molecule has 2 aliphatic rings. The summed E-state index contributed by atoms with van der Waals surface area (Å²) in [6, 6.07) is 18.5. The summed E-state index contributed by atoms with van der Waals surface area (Å²) in [5, 5.41) is 6.59. The monoisotopic (exact) mass is 494 g/mol. The van der Waals surface area contributed by atoms with Crippen LogP contribution in [0.5, 0.6) is 0 Å². The van der Waals surface area contributed by atoms with Gasteiger partial charge in [0.1, 0.15) is 11.7 Å². The van der Waals surface area contributed by atoms with Crippen LogP contribution in [0.3, 0.4) is 0 Å². The van der Waals surface area contributed by atoms with Crippen molar-refractivity contribution in [2.24, 2.45) is 9.98 Å². The standard InChI is InChI=1S/C22H20N6.3ClH.H2O/c1-3-16(20-24-11-12-25-20)4-2-15(1)19-9-10-23-22(28-19)18-7-5-17(6-8-18)21-26-13-14-27-21;;;;/h1-10H,11-14H2,(H,24,25)(H,26,27);3*1H;1H2. The van der Waals surface area contributed by atoms with Crippen LogP contribution in [0.4, 0.5) is 0 Å². The van der Waals surface area contributed by atoms with Gasteiger partial charge in [0.15, 0.2) is 5.82 Å². The van der Waals surface area contributed by atoms with Crippen LogP contribution in [0.1, 0.15) is 11.1 Å². The van der Waals surface area contributed by atoms with E-state index in [-0.39, 0.29) is 42.7 Å². The Morgan fingerprint density at radius 1 is 0.594 bits per heavy atom. The van der Waals surface area contributed by atoms with Crippen LogP contribution in [-0.4, -0.2) is 53.3 Å². The summed E-state index contributed by atoms with van der Waals surface area (Å²) in [6.07, 6.45) is 1.81. The molecule has 5 rings (SSSR count). The maximum Gasteiger partial charge on any atom is 0.159 e. The molecule has 0 unspecified atom stereocenters. The van der Waals surface area contributed by atoms with Crippen molar-refractivity contribution in [1.82, 2.24) is 20.6 Å². The topological polar surface area (TPSA) is 106 Å². The second-order valence-electron chi connectivity index (χ2n) is 6.73. The number of halogens is 3. The lowest BCUT2D eigenvalue weighted by molar-refractivity contribution is 0.824. The van der Waals surface area contributed by atoms with Crippen molar-refractivity contribution in [1.29, 1.82) is 0 Å². The van der Waals surface area contributed by atoms with Crippen molar-refractivity contribution in [2.45, 2.75) is 0 Å². The molecule has 0 radical (unpaired) electrons. The molecule has 0 saturated heterocycles. The van der Waals surface area contributed by atoms with Crippen LogP contribution in [0.15, 0.2) is 70.8 Å². The summed E-state index contributed by atoms with van der Waals surface area (Å²) in [4.78, 5) is 18.1. The third kappa shape index (κ3) is 5.75. The van der Waals surface area contributed by atoms with Gasteiger partial charge in [-0.05, 0) is 6.07 Å². The highest BCUT2D eigenvalue weighted by Crippen LogP contribution is 2.22. The van der Waals surface area contributed by atoms with Crippen molar-refractivity contribution >= 4 is 48.9 Å². The largest absolute Gasteiger partial charge is 0.412 e. The number of nitrogens with one attached hydrogen (secondary N) is 2. The summed E-state index contributed by atoms with van der Waals surface area (Å²) in [7, 11) is 0. The van der Waals surface area contributed by atoms with E-state index in [2.05, 4.69) is 62.0 Å². The fourth-order valence-corrected chi connectivity index (χ4v) is 3.42. The lowest BCUT2D eigenvalue weighted by Gasteiger charge is -2.07. The van der Waals surface area contributed by atoms with Gasteiger partial charge in [0.05, 0.1) is 18.8 Å². The maximum atomic E-state index is 4.76. The summed E-state index contributed by atoms with van der Waals surface area (Å²) < 4.78 is 0. The highest BCUT2D eigenvalue weighted by molar-refractivity contribution is 6.00. The zero-order valence-electron chi connectivity index (χ0n) is 17.1. The minimum absolute atomic E-state index is 0. The van der Waals surface area contributed by atoms with E-state index in [4.69, 9.17) is 4.98 Å². The Morgan fingerprint density at radius 2 is 1.06 bits per heavy atom. The first kappa shape index (κ1) is 27.3. The molecule has 2 aliphatic heterocycles. The number of benzene rings is 2. The van der Waals surface area contributed by atoms with Crippen molar-refractivity contribution in [3.63, 3.8) is 0 Å². The van der Waals surface area contributed by atoms with Gasteiger partial charge in [-0.1, -0.05) is 48.5 Å². The Hall–Kier alpha value is -2.71. The first-order valence-corrected chi connectivity index (χ1v) is 9.48. The van der Waals surface area contributed by atoms with Gasteiger partial charge in [0.25, 0.3) is 0 Å². The quantitative estimate of drug-likeness (QED) is 0.580. The molecule has 0 atom stereocenters. The van der Waals surface area contributed by atoms with Gasteiger partial charge in [-0.3, -0.25) is 9.98 Å². The van der Waals surface area contributed by atoms with Gasteiger partial charge in [-0.25, -0.2) is 9.97 Å². The summed E-state index contributed by atoms with van der Waals surface area (Å²) >= 11 is 0. The predicted molar refractivity (Wildman–Crippen MR) is 137 cm³/mol. The SMILES string of the molecule is Cl.Cl.Cl.O.c1cc(-c2ccc(C3=NCCN3)cc2)nc(-c2ccc(C3=NCCN3)cc2)n1. The molecule has 10 heteroatoms. The van der Waals surface area contributed by atoms with Crippen LogP contribution in [0.25, 0.3) is 22.6 Å². The van der Waals surface area contributed by atoms with Gasteiger partial charge in [0.2, 0.25) is 0 Å². The Balaban J connectivity index is 0.00000128. The summed E-state index contributed by atoms with van der Waals surface area (Å²) in [5.41, 5.74) is 5.16. The fourth-order valence-electron chi connectivity index (χ4n) is 3.42. The molecule has 3 aromatic rings. The molecule has 7 nitrogen and oxygen atoms in total. The van der Waals surface area contributed by atoms with E-state index in [1.54, 1.807) is 0 Å². The van der Waals surface area contributed by atoms with Crippen molar-refractivity contribution < 1.29 is 5.48 Å². The molecule has 0 bridgehead atoms. The smallest absolute Gasteiger partial charge is 0.159 e. The number of hydrogen-bond acceptors (Lipinski definition) is 6. The molecule has 0 fully saturated rings. The van der Waals surface area contributed by atoms with Crippen molar-refractivity contribution in [2.75, 3.05) is 26.2 Å². The molecule has 0 spiro atoms. The van der Waals surface area contributed by atoms with Gasteiger partial charge in [0, 0.05) is 41.5 Å². The van der Waals surface area contributed by atoms with Gasteiger partial charge in [-0.2, -0.15) is 0 Å². The molecular weight excluding hydrogens is 471 g/mol. The predicted octanol–water partition coefficient (Wildman–Crippen LogP) is 2.95. The Kier molecular flexibility index (Phi) is 10.6. The lowest BCUT2D eigenvalue weighted by atomic mass is 10.1. The number of rotatable bonds is 4. The van der Waals surface area contributed by atoms with Crippen LogP contribution in [-0.2, 0) is 0 Å². The van der Waals surface area contributed by atoms with Gasteiger partial charge < -0.3 is 16.1 Å². The third-order valence-electron chi connectivity index (χ3n) is 4.87. The van der Waals surface area contributed by atoms with E-state index in [0.717, 1.165) is 71.6 Å². The zero-order valence-corrected chi connectivity index (χ0v) is 19.6. The lowest BCUT2D eigenvalue weighted by Crippen LogP contribution is -2.19. The van der Waals surface area contributed by atoms with E-state index in [0.29, 0.717) is 0 Å². The first-order valence-electron chi connectivity index (χ1n) is 9.48. The Bertz CT molecular complexity index is 989. The number of hydrogen-bond donors (Lipinski definition) is 2. The Morgan fingerprint density at radius 3 is 1.53 bits per heavy atom. The minimum atomic E-state index is 0. The number of amidine groups is 2. The number of aromatic nitrogens is 2. The van der Waals surface area contributed by atoms with Crippen LogP contribution in [0, 0.1) is 0 Å².